The van der Waals surface area contributed by atoms with Gasteiger partial charge in [0.15, 0.2) is 5.78 Å². The Morgan fingerprint density at radius 3 is 2.40 bits per heavy atom. The van der Waals surface area contributed by atoms with Gasteiger partial charge in [-0.1, -0.05) is 53.0 Å². The molecule has 1 aliphatic rings. The highest BCUT2D eigenvalue weighted by atomic mass is 35.5. The number of carbonyl (C=O) groups excluding carboxylic acids is 2. The molecule has 4 nitrogen and oxygen atoms in total. The lowest BCUT2D eigenvalue weighted by Crippen LogP contribution is -2.40. The van der Waals surface area contributed by atoms with Crippen molar-refractivity contribution in [2.45, 2.75) is 19.8 Å². The van der Waals surface area contributed by atoms with Gasteiger partial charge in [0, 0.05) is 35.5 Å². The maximum atomic E-state index is 12.9. The van der Waals surface area contributed by atoms with Crippen molar-refractivity contribution in [3.05, 3.63) is 74.7 Å². The molecule has 1 aromatic heterocycles. The van der Waals surface area contributed by atoms with Gasteiger partial charge in [0.2, 0.25) is 0 Å². The summed E-state index contributed by atoms with van der Waals surface area (Å²) in [5, 5.41) is 3.46. The molecule has 1 amide bonds. The molecule has 0 N–H and O–H groups in total. The van der Waals surface area contributed by atoms with E-state index in [0.717, 1.165) is 10.6 Å². The van der Waals surface area contributed by atoms with Gasteiger partial charge in [-0.3, -0.25) is 9.59 Å². The number of carbonyl (C=O) groups is 2. The minimum absolute atomic E-state index is 0.0518. The van der Waals surface area contributed by atoms with E-state index in [1.807, 2.05) is 36.6 Å². The Bertz CT molecular complexity index is 1090. The lowest BCUT2D eigenvalue weighted by molar-refractivity contribution is 0.0646. The molecule has 1 fully saturated rings. The summed E-state index contributed by atoms with van der Waals surface area (Å²) >= 11 is 13.4. The van der Waals surface area contributed by atoms with Gasteiger partial charge < -0.3 is 4.90 Å². The molecule has 0 atom stereocenters. The quantitative estimate of drug-likeness (QED) is 0.439. The number of aryl methyl sites for hydroxylation is 1. The normalized spacial score (nSPS) is 14.7. The number of rotatable bonds is 4. The summed E-state index contributed by atoms with van der Waals surface area (Å²) in [7, 11) is 0. The summed E-state index contributed by atoms with van der Waals surface area (Å²) in [5.74, 6) is -0.147. The molecule has 0 bridgehead atoms. The van der Waals surface area contributed by atoms with E-state index in [-0.39, 0.29) is 17.6 Å². The van der Waals surface area contributed by atoms with Crippen LogP contribution in [-0.4, -0.2) is 34.7 Å². The standard InChI is InChI=1S/C23H20Cl2N2O2S/c1-14-2-4-16(5-3-14)22-26-20(13-30-22)23(29)27-10-8-15(9-11-27)21(28)17-6-7-18(24)19(25)12-17/h2-7,12-13,15H,8-11H2,1H3. The number of hydrogen-bond donors (Lipinski definition) is 0. The van der Waals surface area contributed by atoms with Gasteiger partial charge in [-0.2, -0.15) is 0 Å². The summed E-state index contributed by atoms with van der Waals surface area (Å²) in [4.78, 5) is 32.0. The van der Waals surface area contributed by atoms with Crippen molar-refractivity contribution >= 4 is 46.2 Å². The van der Waals surface area contributed by atoms with Crippen molar-refractivity contribution in [1.29, 1.82) is 0 Å². The molecular formula is C23H20Cl2N2O2S. The number of ketones is 1. The van der Waals surface area contributed by atoms with E-state index >= 15 is 0 Å². The first-order valence-corrected chi connectivity index (χ1v) is 11.4. The number of piperidine rings is 1. The highest BCUT2D eigenvalue weighted by Crippen LogP contribution is 2.28. The van der Waals surface area contributed by atoms with Crippen molar-refractivity contribution in [2.24, 2.45) is 5.92 Å². The molecule has 1 saturated heterocycles. The van der Waals surface area contributed by atoms with E-state index in [1.54, 1.807) is 23.1 Å². The van der Waals surface area contributed by atoms with Crippen LogP contribution in [-0.2, 0) is 0 Å². The molecule has 0 saturated carbocycles. The molecular weight excluding hydrogens is 439 g/mol. The molecule has 0 radical (unpaired) electrons. The van der Waals surface area contributed by atoms with Crippen LogP contribution < -0.4 is 0 Å². The van der Waals surface area contributed by atoms with Crippen molar-refractivity contribution < 1.29 is 9.59 Å². The molecule has 3 aromatic rings. The molecule has 0 aliphatic carbocycles. The Labute approximate surface area is 189 Å². The zero-order valence-corrected chi connectivity index (χ0v) is 18.7. The predicted molar refractivity (Wildman–Crippen MR) is 122 cm³/mol. The highest BCUT2D eigenvalue weighted by Gasteiger charge is 2.29. The minimum Gasteiger partial charge on any atom is -0.337 e. The fourth-order valence-corrected chi connectivity index (χ4v) is 4.69. The average Bonchev–Trinajstić information content (AvgIpc) is 3.25. The number of Topliss-reactive ketones (excluding diaryl/α,β-unsaturated/α-hetero) is 1. The van der Waals surface area contributed by atoms with Crippen LogP contribution >= 0.6 is 34.5 Å². The third-order valence-electron chi connectivity index (χ3n) is 5.38. The minimum atomic E-state index is -0.121. The monoisotopic (exact) mass is 458 g/mol. The fraction of sp³-hybridized carbons (Fsp3) is 0.261. The maximum absolute atomic E-state index is 12.9. The molecule has 2 aromatic carbocycles. The molecule has 7 heteroatoms. The number of nitrogens with zero attached hydrogens (tertiary/aromatic N) is 2. The second kappa shape index (κ2) is 8.88. The SMILES string of the molecule is Cc1ccc(-c2nc(C(=O)N3CCC(C(=O)c4ccc(Cl)c(Cl)c4)CC3)cs2)cc1. The van der Waals surface area contributed by atoms with E-state index in [9.17, 15) is 9.59 Å². The third kappa shape index (κ3) is 4.43. The Kier molecular flexibility index (Phi) is 6.23. The van der Waals surface area contributed by atoms with E-state index in [0.29, 0.717) is 47.2 Å². The van der Waals surface area contributed by atoms with Crippen molar-refractivity contribution in [3.8, 4) is 10.6 Å². The summed E-state index contributed by atoms with van der Waals surface area (Å²) in [6.07, 6.45) is 1.25. The van der Waals surface area contributed by atoms with Gasteiger partial charge >= 0.3 is 0 Å². The van der Waals surface area contributed by atoms with E-state index < -0.39 is 0 Å². The maximum Gasteiger partial charge on any atom is 0.273 e. The number of likely N-dealkylation sites (tertiary alicyclic amines) is 1. The summed E-state index contributed by atoms with van der Waals surface area (Å²) in [5.41, 5.74) is 3.22. The first kappa shape index (κ1) is 21.0. The number of aromatic nitrogens is 1. The van der Waals surface area contributed by atoms with Gasteiger partial charge in [-0.15, -0.1) is 11.3 Å². The zero-order valence-electron chi connectivity index (χ0n) is 16.4. The highest BCUT2D eigenvalue weighted by molar-refractivity contribution is 7.13. The van der Waals surface area contributed by atoms with Gasteiger partial charge in [0.1, 0.15) is 10.7 Å². The molecule has 4 rings (SSSR count). The van der Waals surface area contributed by atoms with Crippen LogP contribution in [0.15, 0.2) is 47.8 Å². The van der Waals surface area contributed by atoms with Crippen LogP contribution in [0.3, 0.4) is 0 Å². The largest absolute Gasteiger partial charge is 0.337 e. The summed E-state index contributed by atoms with van der Waals surface area (Å²) in [6.45, 7) is 3.11. The third-order valence-corrected chi connectivity index (χ3v) is 7.01. The van der Waals surface area contributed by atoms with Gasteiger partial charge in [0.05, 0.1) is 10.0 Å². The fourth-order valence-electron chi connectivity index (χ4n) is 3.59. The van der Waals surface area contributed by atoms with E-state index in [2.05, 4.69) is 4.98 Å². The van der Waals surface area contributed by atoms with E-state index in [1.165, 1.54) is 16.9 Å². The summed E-state index contributed by atoms with van der Waals surface area (Å²) in [6, 6.07) is 13.1. The Morgan fingerprint density at radius 2 is 1.73 bits per heavy atom. The first-order valence-electron chi connectivity index (χ1n) is 9.73. The second-order valence-corrected chi connectivity index (χ2v) is 9.14. The number of amides is 1. The number of thiazole rings is 1. The van der Waals surface area contributed by atoms with Crippen LogP contribution in [0.2, 0.25) is 10.0 Å². The molecule has 0 spiro atoms. The number of halogens is 2. The smallest absolute Gasteiger partial charge is 0.273 e. The molecule has 30 heavy (non-hydrogen) atoms. The second-order valence-electron chi connectivity index (χ2n) is 7.46. The molecule has 2 heterocycles. The van der Waals surface area contributed by atoms with Crippen LogP contribution in [0.25, 0.3) is 10.6 Å². The molecule has 154 valence electrons. The molecule has 0 unspecified atom stereocenters. The predicted octanol–water partition coefficient (Wildman–Crippen LogP) is 6.16. The topological polar surface area (TPSA) is 50.3 Å². The van der Waals surface area contributed by atoms with Crippen LogP contribution in [0.1, 0.15) is 39.3 Å². The first-order chi connectivity index (χ1) is 14.4. The Hall–Kier alpha value is -2.21. The van der Waals surface area contributed by atoms with Crippen LogP contribution in [0.5, 0.6) is 0 Å². The number of hydrogen-bond acceptors (Lipinski definition) is 4. The van der Waals surface area contributed by atoms with Gasteiger partial charge in [-0.05, 0) is 38.0 Å². The van der Waals surface area contributed by atoms with Crippen LogP contribution in [0.4, 0.5) is 0 Å². The lowest BCUT2D eigenvalue weighted by atomic mass is 9.89. The molecule has 1 aliphatic heterocycles. The Morgan fingerprint density at radius 1 is 1.03 bits per heavy atom. The Balaban J connectivity index is 1.39. The average molecular weight is 459 g/mol. The van der Waals surface area contributed by atoms with E-state index in [4.69, 9.17) is 23.2 Å². The lowest BCUT2D eigenvalue weighted by Gasteiger charge is -2.31. The van der Waals surface area contributed by atoms with Gasteiger partial charge in [0.25, 0.3) is 5.91 Å². The summed E-state index contributed by atoms with van der Waals surface area (Å²) < 4.78 is 0. The van der Waals surface area contributed by atoms with Crippen molar-refractivity contribution in [2.75, 3.05) is 13.1 Å². The van der Waals surface area contributed by atoms with Crippen LogP contribution in [0, 0.1) is 12.8 Å². The van der Waals surface area contributed by atoms with Gasteiger partial charge in [-0.25, -0.2) is 4.98 Å². The number of benzene rings is 2. The zero-order chi connectivity index (χ0) is 21.3. The van der Waals surface area contributed by atoms with Crippen molar-refractivity contribution in [1.82, 2.24) is 9.88 Å². The van der Waals surface area contributed by atoms with Crippen molar-refractivity contribution in [3.63, 3.8) is 0 Å².